The van der Waals surface area contributed by atoms with Gasteiger partial charge in [0.2, 0.25) is 5.96 Å². The molecule has 1 aromatic heterocycles. The van der Waals surface area contributed by atoms with E-state index in [4.69, 9.17) is 11.5 Å². The van der Waals surface area contributed by atoms with Crippen molar-refractivity contribution in [2.24, 2.45) is 21.7 Å². The van der Waals surface area contributed by atoms with Gasteiger partial charge in [0.05, 0.1) is 11.2 Å². The fourth-order valence-corrected chi connectivity index (χ4v) is 2.67. The standard InChI is InChI=1S/C18H17N5O2/c1-11(21-22-18(19)20)15-16(24)13-9-5-6-10-14(13)23(17(15)25)12-7-3-2-4-8-12/h2-10,24H,1H3,(H4,19,20,22)/b21-11-. The van der Waals surface area contributed by atoms with Crippen molar-refractivity contribution in [2.45, 2.75) is 6.92 Å². The number of benzene rings is 2. The van der Waals surface area contributed by atoms with Crippen LogP contribution in [0.1, 0.15) is 12.5 Å². The molecule has 0 unspecified atom stereocenters. The summed E-state index contributed by atoms with van der Waals surface area (Å²) in [6.45, 7) is 1.56. The van der Waals surface area contributed by atoms with E-state index in [9.17, 15) is 9.90 Å². The predicted octanol–water partition coefficient (Wildman–Crippen LogP) is 1.69. The normalized spacial score (nSPS) is 11.5. The highest BCUT2D eigenvalue weighted by molar-refractivity contribution is 6.05. The largest absolute Gasteiger partial charge is 0.506 e. The third-order valence-electron chi connectivity index (χ3n) is 3.75. The van der Waals surface area contributed by atoms with Gasteiger partial charge >= 0.3 is 0 Å². The molecule has 7 heteroatoms. The Morgan fingerprint density at radius 1 is 1.00 bits per heavy atom. The number of aromatic hydroxyl groups is 1. The minimum absolute atomic E-state index is 0.0487. The highest BCUT2D eigenvalue weighted by atomic mass is 16.3. The zero-order valence-electron chi connectivity index (χ0n) is 13.5. The van der Waals surface area contributed by atoms with Crippen molar-refractivity contribution >= 4 is 22.6 Å². The average molecular weight is 335 g/mol. The summed E-state index contributed by atoms with van der Waals surface area (Å²) in [6, 6.07) is 16.3. The van der Waals surface area contributed by atoms with Crippen LogP contribution in [0.4, 0.5) is 0 Å². The second kappa shape index (κ2) is 6.48. The van der Waals surface area contributed by atoms with Crippen LogP contribution in [-0.2, 0) is 0 Å². The van der Waals surface area contributed by atoms with Gasteiger partial charge in [0.1, 0.15) is 11.3 Å². The fraction of sp³-hybridized carbons (Fsp3) is 0.0556. The van der Waals surface area contributed by atoms with Crippen molar-refractivity contribution in [3.05, 3.63) is 70.5 Å². The molecule has 126 valence electrons. The Balaban J connectivity index is 2.42. The van der Waals surface area contributed by atoms with Gasteiger partial charge < -0.3 is 16.6 Å². The number of para-hydroxylation sites is 2. The molecule has 2 aromatic carbocycles. The predicted molar refractivity (Wildman–Crippen MR) is 99.2 cm³/mol. The average Bonchev–Trinajstić information content (AvgIpc) is 2.61. The topological polar surface area (TPSA) is 119 Å². The molecule has 0 aliphatic rings. The Morgan fingerprint density at radius 2 is 1.64 bits per heavy atom. The molecule has 3 rings (SSSR count). The molecule has 3 aromatic rings. The molecule has 0 aliphatic heterocycles. The second-order valence-corrected chi connectivity index (χ2v) is 5.43. The SMILES string of the molecule is C/C(=N/N=C(N)N)c1c(O)c2ccccc2n(-c2ccccc2)c1=O. The van der Waals surface area contributed by atoms with Crippen LogP contribution in [0.5, 0.6) is 5.75 Å². The van der Waals surface area contributed by atoms with E-state index in [1.165, 1.54) is 4.57 Å². The van der Waals surface area contributed by atoms with E-state index >= 15 is 0 Å². The van der Waals surface area contributed by atoms with Crippen molar-refractivity contribution < 1.29 is 5.11 Å². The van der Waals surface area contributed by atoms with Crippen molar-refractivity contribution in [1.29, 1.82) is 0 Å². The maximum atomic E-state index is 13.1. The molecule has 25 heavy (non-hydrogen) atoms. The van der Waals surface area contributed by atoms with E-state index in [-0.39, 0.29) is 23.0 Å². The molecular formula is C18H17N5O2. The molecule has 0 amide bonds. The first-order valence-corrected chi connectivity index (χ1v) is 7.56. The van der Waals surface area contributed by atoms with Crippen molar-refractivity contribution in [2.75, 3.05) is 0 Å². The lowest BCUT2D eigenvalue weighted by Crippen LogP contribution is -2.26. The Bertz CT molecular complexity index is 1050. The lowest BCUT2D eigenvalue weighted by molar-refractivity contribution is 0.478. The number of fused-ring (bicyclic) bond motifs is 1. The first-order chi connectivity index (χ1) is 12.0. The molecular weight excluding hydrogens is 318 g/mol. The lowest BCUT2D eigenvalue weighted by Gasteiger charge is -2.14. The van der Waals surface area contributed by atoms with Crippen LogP contribution < -0.4 is 17.0 Å². The Kier molecular flexibility index (Phi) is 4.21. The van der Waals surface area contributed by atoms with Gasteiger partial charge in [0.25, 0.3) is 5.56 Å². The van der Waals surface area contributed by atoms with E-state index in [0.29, 0.717) is 16.6 Å². The van der Waals surface area contributed by atoms with E-state index in [1.807, 2.05) is 30.3 Å². The Hall–Kier alpha value is -3.61. The maximum Gasteiger partial charge on any atom is 0.268 e. The van der Waals surface area contributed by atoms with E-state index < -0.39 is 5.56 Å². The highest BCUT2D eigenvalue weighted by Gasteiger charge is 2.19. The summed E-state index contributed by atoms with van der Waals surface area (Å²) in [4.78, 5) is 13.1. The van der Waals surface area contributed by atoms with Crippen molar-refractivity contribution in [3.63, 3.8) is 0 Å². The van der Waals surface area contributed by atoms with E-state index in [1.54, 1.807) is 31.2 Å². The third kappa shape index (κ3) is 2.94. The number of guanidine groups is 1. The molecule has 0 fully saturated rings. The van der Waals surface area contributed by atoms with Gasteiger partial charge in [-0.25, -0.2) is 0 Å². The summed E-state index contributed by atoms with van der Waals surface area (Å²) in [5.74, 6) is -0.386. The molecule has 0 saturated carbocycles. The lowest BCUT2D eigenvalue weighted by atomic mass is 10.1. The number of nitrogens with two attached hydrogens (primary N) is 2. The molecule has 0 atom stereocenters. The van der Waals surface area contributed by atoms with Crippen LogP contribution in [0.3, 0.4) is 0 Å². The maximum absolute atomic E-state index is 13.1. The van der Waals surface area contributed by atoms with Crippen LogP contribution in [0.25, 0.3) is 16.6 Å². The summed E-state index contributed by atoms with van der Waals surface area (Å²) in [5, 5.41) is 18.6. The molecule has 0 saturated heterocycles. The van der Waals surface area contributed by atoms with E-state index in [0.717, 1.165) is 0 Å². The van der Waals surface area contributed by atoms with E-state index in [2.05, 4.69) is 10.2 Å². The van der Waals surface area contributed by atoms with Crippen LogP contribution in [0.2, 0.25) is 0 Å². The molecule has 5 N–H and O–H groups in total. The van der Waals surface area contributed by atoms with Gasteiger partial charge in [-0.2, -0.15) is 5.10 Å². The summed E-state index contributed by atoms with van der Waals surface area (Å²) in [5.41, 5.74) is 11.7. The molecule has 0 aliphatic carbocycles. The zero-order chi connectivity index (χ0) is 18.0. The highest BCUT2D eigenvalue weighted by Crippen LogP contribution is 2.28. The van der Waals surface area contributed by atoms with Crippen LogP contribution in [-0.4, -0.2) is 21.3 Å². The molecule has 0 spiro atoms. The summed E-state index contributed by atoms with van der Waals surface area (Å²) < 4.78 is 1.53. The number of hydrogen-bond acceptors (Lipinski definition) is 4. The molecule has 0 bridgehead atoms. The monoisotopic (exact) mass is 335 g/mol. The minimum Gasteiger partial charge on any atom is -0.506 e. The van der Waals surface area contributed by atoms with Crippen molar-refractivity contribution in [3.8, 4) is 11.4 Å². The third-order valence-corrected chi connectivity index (χ3v) is 3.75. The second-order valence-electron chi connectivity index (χ2n) is 5.43. The van der Waals surface area contributed by atoms with Gasteiger partial charge in [0.15, 0.2) is 0 Å². The fourth-order valence-electron chi connectivity index (χ4n) is 2.67. The van der Waals surface area contributed by atoms with Gasteiger partial charge in [0, 0.05) is 11.1 Å². The summed E-state index contributed by atoms with van der Waals surface area (Å²) in [7, 11) is 0. The summed E-state index contributed by atoms with van der Waals surface area (Å²) in [6.07, 6.45) is 0. The van der Waals surface area contributed by atoms with Crippen LogP contribution >= 0.6 is 0 Å². The smallest absolute Gasteiger partial charge is 0.268 e. The van der Waals surface area contributed by atoms with Gasteiger partial charge in [-0.05, 0) is 31.2 Å². The van der Waals surface area contributed by atoms with Crippen molar-refractivity contribution in [1.82, 2.24) is 4.57 Å². The van der Waals surface area contributed by atoms with Gasteiger partial charge in [-0.3, -0.25) is 9.36 Å². The number of pyridine rings is 1. The molecule has 0 radical (unpaired) electrons. The number of hydrogen-bond donors (Lipinski definition) is 3. The van der Waals surface area contributed by atoms with Crippen LogP contribution in [0.15, 0.2) is 69.6 Å². The van der Waals surface area contributed by atoms with Gasteiger partial charge in [-0.1, -0.05) is 30.3 Å². The van der Waals surface area contributed by atoms with Crippen LogP contribution in [0, 0.1) is 0 Å². The quantitative estimate of drug-likeness (QED) is 0.383. The zero-order valence-corrected chi connectivity index (χ0v) is 13.5. The van der Waals surface area contributed by atoms with Gasteiger partial charge in [-0.15, -0.1) is 5.10 Å². The Morgan fingerprint density at radius 3 is 2.32 bits per heavy atom. The minimum atomic E-state index is -0.408. The number of aromatic nitrogens is 1. The molecule has 1 heterocycles. The first-order valence-electron chi connectivity index (χ1n) is 7.56. The summed E-state index contributed by atoms with van der Waals surface area (Å²) >= 11 is 0. The Labute approximate surface area is 143 Å². The number of rotatable bonds is 3. The first kappa shape index (κ1) is 16.3. The molecule has 7 nitrogen and oxygen atoms in total. The number of nitrogens with zero attached hydrogens (tertiary/aromatic N) is 3.